The van der Waals surface area contributed by atoms with Gasteiger partial charge < -0.3 is 24.6 Å². The normalized spacial score (nSPS) is 21.8. The molecule has 1 N–H and O–H groups in total. The summed E-state index contributed by atoms with van der Waals surface area (Å²) in [6.45, 7) is 9.71. The van der Waals surface area contributed by atoms with Crippen molar-refractivity contribution in [3.63, 3.8) is 0 Å². The van der Waals surface area contributed by atoms with Crippen molar-refractivity contribution in [2.45, 2.75) is 45.0 Å². The number of benzene rings is 2. The molecule has 1 amide bonds. The number of anilines is 3. The monoisotopic (exact) mass is 651 g/mol. The summed E-state index contributed by atoms with van der Waals surface area (Å²) in [6.07, 6.45) is 0.0399. The predicted octanol–water partition coefficient (Wildman–Crippen LogP) is 4.13. The number of nitrogens with zero attached hydrogens (tertiary/aromatic N) is 8. The number of carbonyl (C=O) groups excluding carboxylic acids is 1. The first kappa shape index (κ1) is 31.7. The van der Waals surface area contributed by atoms with Crippen molar-refractivity contribution in [3.05, 3.63) is 65.6 Å². The van der Waals surface area contributed by atoms with Crippen molar-refractivity contribution in [2.75, 3.05) is 62.7 Å². The number of likely N-dealkylation sites (tertiary alicyclic amines) is 1. The molecule has 0 aliphatic carbocycles. The zero-order valence-electron chi connectivity index (χ0n) is 27.1. The number of rotatable bonds is 8. The Labute approximate surface area is 278 Å². The Morgan fingerprint density at radius 2 is 1.85 bits per heavy atom. The highest BCUT2D eigenvalue weighted by atomic mass is 19.1. The van der Waals surface area contributed by atoms with Crippen LogP contribution in [0, 0.1) is 11.3 Å². The molecule has 3 aromatic rings. The van der Waals surface area contributed by atoms with Crippen LogP contribution >= 0.6 is 0 Å². The van der Waals surface area contributed by atoms with Gasteiger partial charge in [0.1, 0.15) is 24.3 Å². The van der Waals surface area contributed by atoms with E-state index in [1.54, 1.807) is 18.2 Å². The molecule has 7 rings (SSSR count). The van der Waals surface area contributed by atoms with Gasteiger partial charge in [0.2, 0.25) is 5.95 Å². The summed E-state index contributed by atoms with van der Waals surface area (Å²) in [5.41, 5.74) is 5.06. The van der Waals surface area contributed by atoms with E-state index in [1.165, 1.54) is 16.9 Å². The lowest BCUT2D eigenvalue weighted by Crippen LogP contribution is -2.56. The fourth-order valence-electron chi connectivity index (χ4n) is 6.58. The molecule has 1 aromatic heterocycles. The van der Waals surface area contributed by atoms with Crippen LogP contribution in [0.4, 0.5) is 21.7 Å². The molecule has 0 saturated carbocycles. The summed E-state index contributed by atoms with van der Waals surface area (Å²) in [7, 11) is 0. The van der Waals surface area contributed by atoms with E-state index in [4.69, 9.17) is 9.47 Å². The lowest BCUT2D eigenvalue weighted by atomic mass is 10.0. The zero-order chi connectivity index (χ0) is 33.2. The largest absolute Gasteiger partial charge is 0.486 e. The predicted molar refractivity (Wildman–Crippen MR) is 179 cm³/mol. The number of halogens is 1. The molecule has 248 valence electrons. The highest BCUT2D eigenvalue weighted by Crippen LogP contribution is 2.30. The number of piperidine rings is 1. The average molecular weight is 652 g/mol. The topological polar surface area (TPSA) is 132 Å². The lowest BCUT2D eigenvalue weighted by molar-refractivity contribution is -0.131. The van der Waals surface area contributed by atoms with Crippen molar-refractivity contribution in [3.8, 4) is 23.2 Å². The lowest BCUT2D eigenvalue weighted by Gasteiger charge is -2.43. The number of carbonyl (C=O) groups is 1. The molecular formula is C35H38FN9O3. The van der Waals surface area contributed by atoms with Crippen molar-refractivity contribution < 1.29 is 18.7 Å². The third-order valence-electron chi connectivity index (χ3n) is 9.40. The highest BCUT2D eigenvalue weighted by Gasteiger charge is 2.35. The van der Waals surface area contributed by atoms with Gasteiger partial charge in [0.15, 0.2) is 12.0 Å². The van der Waals surface area contributed by atoms with E-state index < -0.39 is 12.3 Å². The Bertz CT molecular complexity index is 1780. The van der Waals surface area contributed by atoms with Gasteiger partial charge in [0.05, 0.1) is 31.4 Å². The van der Waals surface area contributed by atoms with Crippen LogP contribution in [-0.4, -0.2) is 107 Å². The fourth-order valence-corrected chi connectivity index (χ4v) is 6.58. The van der Waals surface area contributed by atoms with Crippen molar-refractivity contribution in [1.82, 2.24) is 24.8 Å². The second-order valence-corrected chi connectivity index (χ2v) is 12.6. The molecule has 5 heterocycles. The number of piperazine rings is 1. The first-order valence-electron chi connectivity index (χ1n) is 16.4. The van der Waals surface area contributed by atoms with Crippen LogP contribution in [0.1, 0.15) is 32.3 Å². The second kappa shape index (κ2) is 13.7. The number of aromatic nitrogens is 3. The maximum Gasteiger partial charge on any atom is 0.252 e. The van der Waals surface area contributed by atoms with Gasteiger partial charge >= 0.3 is 0 Å². The van der Waals surface area contributed by atoms with Gasteiger partial charge in [-0.3, -0.25) is 14.7 Å². The minimum absolute atomic E-state index is 0.0732. The summed E-state index contributed by atoms with van der Waals surface area (Å²) in [5.74, 6) is 0.851. The Kier molecular flexibility index (Phi) is 9.01. The van der Waals surface area contributed by atoms with Gasteiger partial charge in [-0.05, 0) is 56.3 Å². The molecule has 4 aliphatic rings. The van der Waals surface area contributed by atoms with Gasteiger partial charge in [-0.25, -0.2) is 14.4 Å². The van der Waals surface area contributed by atoms with Crippen molar-refractivity contribution in [2.24, 2.45) is 4.99 Å². The molecule has 3 fully saturated rings. The fraction of sp³-hybridized carbons (Fsp3) is 0.429. The number of ether oxygens (including phenoxy) is 2. The number of amides is 1. The van der Waals surface area contributed by atoms with E-state index in [0.717, 1.165) is 50.8 Å². The van der Waals surface area contributed by atoms with E-state index in [2.05, 4.69) is 53.3 Å². The summed E-state index contributed by atoms with van der Waals surface area (Å²) in [5, 5.41) is 13.2. The van der Waals surface area contributed by atoms with Crippen LogP contribution in [0.3, 0.4) is 0 Å². The molecule has 4 aliphatic heterocycles. The molecule has 0 bridgehead atoms. The van der Waals surface area contributed by atoms with Gasteiger partial charge in [-0.15, -0.1) is 0 Å². The standard InChI is InChI=1S/C35H38FN9O3/c1-22-15-29(23(2)40-22)34(46)45-10-9-32(30(36)18-45)48-31-8-3-24(16-25(31)17-37)33-38-21-39-35(42-33)41-26-4-6-27(7-5-26)43-11-13-44(14-12-43)28-19-47-20-28/h3-8,16,21,28,30,32H,9-15,18-20H2,1-2H3,(H,38,39,41,42)/t30-,32+/m1/s1. The summed E-state index contributed by atoms with van der Waals surface area (Å²) < 4.78 is 26.6. The quantitative estimate of drug-likeness (QED) is 0.379. The van der Waals surface area contributed by atoms with E-state index in [0.29, 0.717) is 54.0 Å². The van der Waals surface area contributed by atoms with E-state index in [-0.39, 0.29) is 23.8 Å². The van der Waals surface area contributed by atoms with Crippen LogP contribution in [0.2, 0.25) is 0 Å². The van der Waals surface area contributed by atoms with Crippen molar-refractivity contribution in [1.29, 1.82) is 5.26 Å². The first-order valence-corrected chi connectivity index (χ1v) is 16.4. The SMILES string of the molecule is CC1=NC(C)=C(C(=O)N2CC[C@H](Oc3ccc(-c4ncnc(Nc5ccc(N6CCN(C7COC7)CC6)cc5)n4)cc3C#N)[C@H](F)C2)C1. The Morgan fingerprint density at radius 3 is 2.52 bits per heavy atom. The number of nitriles is 1. The first-order chi connectivity index (χ1) is 23.3. The second-order valence-electron chi connectivity index (χ2n) is 12.6. The average Bonchev–Trinajstić information content (AvgIpc) is 3.42. The maximum absolute atomic E-state index is 15.3. The number of nitrogens with one attached hydrogen (secondary N) is 1. The number of hydrogen-bond donors (Lipinski definition) is 1. The number of hydrogen-bond acceptors (Lipinski definition) is 11. The smallest absolute Gasteiger partial charge is 0.252 e. The Balaban J connectivity index is 0.960. The number of aliphatic imine (C=N–C) groups is 1. The highest BCUT2D eigenvalue weighted by molar-refractivity contribution is 6.03. The van der Waals surface area contributed by atoms with Crippen LogP contribution in [0.5, 0.6) is 5.75 Å². The van der Waals surface area contributed by atoms with Crippen LogP contribution < -0.4 is 15.0 Å². The molecule has 2 atom stereocenters. The van der Waals surface area contributed by atoms with Crippen LogP contribution in [0.25, 0.3) is 11.4 Å². The van der Waals surface area contributed by atoms with Gasteiger partial charge in [0.25, 0.3) is 5.91 Å². The van der Waals surface area contributed by atoms with E-state index in [9.17, 15) is 10.1 Å². The van der Waals surface area contributed by atoms with Gasteiger partial charge in [-0.1, -0.05) is 0 Å². The molecule has 0 unspecified atom stereocenters. The maximum atomic E-state index is 15.3. The third kappa shape index (κ3) is 6.72. The van der Waals surface area contributed by atoms with E-state index >= 15 is 4.39 Å². The molecule has 12 nitrogen and oxygen atoms in total. The summed E-state index contributed by atoms with van der Waals surface area (Å²) in [4.78, 5) is 36.9. The molecule has 2 aromatic carbocycles. The van der Waals surface area contributed by atoms with Gasteiger partial charge in [0, 0.05) is 79.5 Å². The molecule has 48 heavy (non-hydrogen) atoms. The third-order valence-corrected chi connectivity index (χ3v) is 9.40. The minimum atomic E-state index is -1.40. The van der Waals surface area contributed by atoms with Crippen LogP contribution in [-0.2, 0) is 9.53 Å². The zero-order valence-corrected chi connectivity index (χ0v) is 27.1. The number of allylic oxidation sites excluding steroid dienone is 1. The van der Waals surface area contributed by atoms with Crippen molar-refractivity contribution >= 4 is 28.9 Å². The minimum Gasteiger partial charge on any atom is -0.486 e. The molecule has 3 saturated heterocycles. The summed E-state index contributed by atoms with van der Waals surface area (Å²) >= 11 is 0. The van der Waals surface area contributed by atoms with E-state index in [1.807, 2.05) is 26.0 Å². The van der Waals surface area contributed by atoms with Gasteiger partial charge in [-0.2, -0.15) is 10.2 Å². The molecule has 0 radical (unpaired) electrons. The Hall–Kier alpha value is -4.93. The summed E-state index contributed by atoms with van der Waals surface area (Å²) in [6, 6.07) is 15.9. The Morgan fingerprint density at radius 1 is 1.06 bits per heavy atom. The number of alkyl halides is 1. The molecular weight excluding hydrogens is 613 g/mol. The molecule has 13 heteroatoms. The van der Waals surface area contributed by atoms with Crippen LogP contribution in [0.15, 0.2) is 65.1 Å². The molecule has 0 spiro atoms.